The number of rotatable bonds is 8. The van der Waals surface area contributed by atoms with Crippen molar-refractivity contribution in [3.63, 3.8) is 0 Å². The Morgan fingerprint density at radius 2 is 2.23 bits per heavy atom. The molecule has 4 rings (SSSR count). The van der Waals surface area contributed by atoms with Gasteiger partial charge in [0.2, 0.25) is 5.91 Å². The minimum Gasteiger partial charge on any atom is -0.469 e. The van der Waals surface area contributed by atoms with Crippen LogP contribution in [-0.2, 0) is 17.6 Å². The van der Waals surface area contributed by atoms with Crippen LogP contribution in [0.3, 0.4) is 0 Å². The summed E-state index contributed by atoms with van der Waals surface area (Å²) in [4.78, 5) is 28.4. The first-order valence-electron chi connectivity index (χ1n) is 10.9. The van der Waals surface area contributed by atoms with Crippen LogP contribution in [0.1, 0.15) is 43.6 Å². The Kier molecular flexibility index (Phi) is 6.59. The maximum atomic E-state index is 12.8. The van der Waals surface area contributed by atoms with E-state index in [1.165, 1.54) is 0 Å². The standard InChI is InChI=1S/C22H28N6O3/c1-3-6-19-26-22(31-27-19)18-13-24-15(2)25-20(18)28-11-4-7-16(14-28)21(29)23-10-9-17-8-5-12-30-17/h5,8,12-13,16H,3-4,6-7,9-11,14H2,1-2H3,(H,23,29). The van der Waals surface area contributed by atoms with Crippen LogP contribution in [0.15, 0.2) is 33.5 Å². The lowest BCUT2D eigenvalue weighted by Crippen LogP contribution is -2.44. The molecule has 1 saturated heterocycles. The van der Waals surface area contributed by atoms with E-state index < -0.39 is 0 Å². The number of aromatic nitrogens is 4. The lowest BCUT2D eigenvalue weighted by Gasteiger charge is -2.33. The number of nitrogens with zero attached hydrogens (tertiary/aromatic N) is 5. The van der Waals surface area contributed by atoms with Gasteiger partial charge in [0.1, 0.15) is 23.0 Å². The third kappa shape index (κ3) is 5.10. The van der Waals surface area contributed by atoms with Gasteiger partial charge in [0, 0.05) is 38.7 Å². The van der Waals surface area contributed by atoms with Crippen LogP contribution in [0, 0.1) is 12.8 Å². The number of piperidine rings is 1. The molecule has 1 fully saturated rings. The quantitative estimate of drug-likeness (QED) is 0.588. The highest BCUT2D eigenvalue weighted by Crippen LogP contribution is 2.31. The molecule has 1 unspecified atom stereocenters. The Morgan fingerprint density at radius 1 is 1.32 bits per heavy atom. The average Bonchev–Trinajstić information content (AvgIpc) is 3.46. The van der Waals surface area contributed by atoms with Crippen LogP contribution in [-0.4, -0.2) is 45.7 Å². The van der Waals surface area contributed by atoms with Gasteiger partial charge in [-0.2, -0.15) is 4.98 Å². The molecule has 1 aliphatic heterocycles. The molecule has 9 nitrogen and oxygen atoms in total. The van der Waals surface area contributed by atoms with E-state index in [1.54, 1.807) is 12.5 Å². The van der Waals surface area contributed by atoms with Gasteiger partial charge < -0.3 is 19.2 Å². The van der Waals surface area contributed by atoms with Gasteiger partial charge >= 0.3 is 0 Å². The topological polar surface area (TPSA) is 110 Å². The summed E-state index contributed by atoms with van der Waals surface area (Å²) in [5.41, 5.74) is 0.708. The molecule has 0 aromatic carbocycles. The largest absolute Gasteiger partial charge is 0.469 e. The van der Waals surface area contributed by atoms with Crippen molar-refractivity contribution < 1.29 is 13.7 Å². The molecule has 1 amide bonds. The monoisotopic (exact) mass is 424 g/mol. The van der Waals surface area contributed by atoms with E-state index in [4.69, 9.17) is 8.94 Å². The second-order valence-electron chi connectivity index (χ2n) is 7.83. The van der Waals surface area contributed by atoms with Crippen LogP contribution in [0.4, 0.5) is 5.82 Å². The van der Waals surface area contributed by atoms with E-state index in [9.17, 15) is 4.79 Å². The molecule has 3 aromatic rings. The SMILES string of the molecule is CCCc1noc(-c2cnc(C)nc2N2CCCC(C(=O)NCCc3ccco3)C2)n1. The summed E-state index contributed by atoms with van der Waals surface area (Å²) in [5.74, 6) is 3.33. The maximum absolute atomic E-state index is 12.8. The number of hydrogen-bond donors (Lipinski definition) is 1. The van der Waals surface area contributed by atoms with Gasteiger partial charge in [-0.05, 0) is 38.3 Å². The van der Waals surface area contributed by atoms with Gasteiger partial charge in [-0.15, -0.1) is 0 Å². The van der Waals surface area contributed by atoms with Crippen molar-refractivity contribution in [2.24, 2.45) is 5.92 Å². The number of carbonyl (C=O) groups is 1. The molecule has 4 heterocycles. The molecular formula is C22H28N6O3. The van der Waals surface area contributed by atoms with Crippen molar-refractivity contribution in [3.8, 4) is 11.5 Å². The summed E-state index contributed by atoms with van der Waals surface area (Å²) < 4.78 is 10.8. The first-order valence-corrected chi connectivity index (χ1v) is 10.9. The van der Waals surface area contributed by atoms with E-state index >= 15 is 0 Å². The van der Waals surface area contributed by atoms with Crippen molar-refractivity contribution in [1.29, 1.82) is 0 Å². The van der Waals surface area contributed by atoms with Gasteiger partial charge in [0.25, 0.3) is 5.89 Å². The molecule has 9 heteroatoms. The van der Waals surface area contributed by atoms with E-state index in [-0.39, 0.29) is 11.8 Å². The average molecular weight is 425 g/mol. The number of carbonyl (C=O) groups excluding carboxylic acids is 1. The van der Waals surface area contributed by atoms with E-state index in [2.05, 4.69) is 37.2 Å². The minimum absolute atomic E-state index is 0.0617. The van der Waals surface area contributed by atoms with E-state index in [1.807, 2.05) is 19.1 Å². The summed E-state index contributed by atoms with van der Waals surface area (Å²) >= 11 is 0. The molecule has 1 atom stereocenters. The first kappa shape index (κ1) is 21.0. The van der Waals surface area contributed by atoms with E-state index in [0.717, 1.165) is 43.8 Å². The summed E-state index contributed by atoms with van der Waals surface area (Å²) in [6, 6.07) is 3.77. The number of anilines is 1. The molecule has 0 bridgehead atoms. The molecule has 0 spiro atoms. The highest BCUT2D eigenvalue weighted by atomic mass is 16.5. The first-order chi connectivity index (χ1) is 15.1. The summed E-state index contributed by atoms with van der Waals surface area (Å²) in [5, 5.41) is 7.10. The Bertz CT molecular complexity index is 1000. The highest BCUT2D eigenvalue weighted by Gasteiger charge is 2.29. The number of nitrogens with one attached hydrogen (secondary N) is 1. The lowest BCUT2D eigenvalue weighted by molar-refractivity contribution is -0.125. The fraction of sp³-hybridized carbons (Fsp3) is 0.500. The van der Waals surface area contributed by atoms with Gasteiger partial charge in [0.05, 0.1) is 12.2 Å². The van der Waals surface area contributed by atoms with Crippen molar-refractivity contribution in [3.05, 3.63) is 42.0 Å². The van der Waals surface area contributed by atoms with Crippen LogP contribution in [0.2, 0.25) is 0 Å². The Labute approximate surface area is 181 Å². The van der Waals surface area contributed by atoms with Gasteiger partial charge in [-0.25, -0.2) is 9.97 Å². The Balaban J connectivity index is 1.46. The normalized spacial score (nSPS) is 16.5. The van der Waals surface area contributed by atoms with Gasteiger partial charge in [0.15, 0.2) is 5.82 Å². The summed E-state index contributed by atoms with van der Waals surface area (Å²) in [6.45, 7) is 5.89. The highest BCUT2D eigenvalue weighted by molar-refractivity contribution is 5.80. The summed E-state index contributed by atoms with van der Waals surface area (Å²) in [6.07, 6.45) is 7.52. The molecule has 0 aliphatic carbocycles. The number of hydrogen-bond acceptors (Lipinski definition) is 8. The van der Waals surface area contributed by atoms with Crippen LogP contribution in [0.25, 0.3) is 11.5 Å². The fourth-order valence-corrected chi connectivity index (χ4v) is 3.83. The molecule has 1 N–H and O–H groups in total. The minimum atomic E-state index is -0.105. The second kappa shape index (κ2) is 9.72. The predicted octanol–water partition coefficient (Wildman–Crippen LogP) is 2.96. The van der Waals surface area contributed by atoms with Crippen molar-refractivity contribution in [2.45, 2.75) is 46.0 Å². The predicted molar refractivity (Wildman–Crippen MR) is 114 cm³/mol. The fourth-order valence-electron chi connectivity index (χ4n) is 3.83. The molecule has 164 valence electrons. The van der Waals surface area contributed by atoms with Crippen molar-refractivity contribution >= 4 is 11.7 Å². The Hall–Kier alpha value is -3.23. The van der Waals surface area contributed by atoms with Gasteiger partial charge in [-0.1, -0.05) is 12.1 Å². The van der Waals surface area contributed by atoms with Crippen LogP contribution in [0.5, 0.6) is 0 Å². The Morgan fingerprint density at radius 3 is 3.03 bits per heavy atom. The smallest absolute Gasteiger partial charge is 0.263 e. The molecule has 0 radical (unpaired) electrons. The van der Waals surface area contributed by atoms with Crippen LogP contribution >= 0.6 is 0 Å². The number of amides is 1. The zero-order valence-electron chi connectivity index (χ0n) is 18.0. The lowest BCUT2D eigenvalue weighted by atomic mass is 9.96. The second-order valence-corrected chi connectivity index (χ2v) is 7.83. The summed E-state index contributed by atoms with van der Waals surface area (Å²) in [7, 11) is 0. The molecule has 31 heavy (non-hydrogen) atoms. The molecule has 3 aromatic heterocycles. The van der Waals surface area contributed by atoms with E-state index in [0.29, 0.717) is 42.6 Å². The maximum Gasteiger partial charge on any atom is 0.263 e. The zero-order chi connectivity index (χ0) is 21.6. The molecule has 0 saturated carbocycles. The van der Waals surface area contributed by atoms with Gasteiger partial charge in [-0.3, -0.25) is 4.79 Å². The van der Waals surface area contributed by atoms with Crippen molar-refractivity contribution in [1.82, 2.24) is 25.4 Å². The molecule has 1 aliphatic rings. The number of furan rings is 1. The van der Waals surface area contributed by atoms with Crippen molar-refractivity contribution in [2.75, 3.05) is 24.5 Å². The van der Waals surface area contributed by atoms with Crippen LogP contribution < -0.4 is 10.2 Å². The third-order valence-electron chi connectivity index (χ3n) is 5.40. The number of aryl methyl sites for hydroxylation is 2. The molecular weight excluding hydrogens is 396 g/mol. The zero-order valence-corrected chi connectivity index (χ0v) is 18.0. The third-order valence-corrected chi connectivity index (χ3v) is 5.40.